The van der Waals surface area contributed by atoms with Gasteiger partial charge in [-0.2, -0.15) is 0 Å². The van der Waals surface area contributed by atoms with Crippen molar-refractivity contribution >= 4 is 17.4 Å². The molecule has 3 rings (SSSR count). The van der Waals surface area contributed by atoms with Gasteiger partial charge in [0.05, 0.1) is 31.4 Å². The number of ketones is 1. The number of Topliss-reactive ketones (excluding diaryl/α,β-unsaturated/α-hetero) is 1. The maximum absolute atomic E-state index is 13.3. The predicted molar refractivity (Wildman–Crippen MR) is 139 cm³/mol. The highest BCUT2D eigenvalue weighted by atomic mass is 16.5. The Kier molecular flexibility index (Phi) is 9.15. The molecule has 7 heteroatoms. The van der Waals surface area contributed by atoms with E-state index < -0.39 is 17.7 Å². The van der Waals surface area contributed by atoms with Gasteiger partial charge >= 0.3 is 0 Å². The number of benzene rings is 2. The van der Waals surface area contributed by atoms with Crippen molar-refractivity contribution in [2.24, 2.45) is 0 Å². The molecular weight excluding hydrogens is 458 g/mol. The lowest BCUT2D eigenvalue weighted by Gasteiger charge is -2.26. The molecule has 36 heavy (non-hydrogen) atoms. The summed E-state index contributed by atoms with van der Waals surface area (Å²) in [6.45, 7) is 11.2. The lowest BCUT2D eigenvalue weighted by molar-refractivity contribution is -0.140. The molecule has 1 atom stereocenters. The first-order chi connectivity index (χ1) is 17.2. The van der Waals surface area contributed by atoms with Crippen LogP contribution in [0.15, 0.2) is 48.0 Å². The van der Waals surface area contributed by atoms with Crippen LogP contribution in [0.1, 0.15) is 69.7 Å². The minimum Gasteiger partial charge on any atom is -0.507 e. The molecule has 2 aromatic carbocycles. The topological polar surface area (TPSA) is 85.3 Å². The molecule has 1 aliphatic rings. The van der Waals surface area contributed by atoms with Gasteiger partial charge in [-0.15, -0.1) is 0 Å². The molecular formula is C29H37NO6. The van der Waals surface area contributed by atoms with Crippen LogP contribution in [0.5, 0.6) is 11.5 Å². The van der Waals surface area contributed by atoms with Crippen LogP contribution in [0, 0.1) is 0 Å². The normalized spacial score (nSPS) is 17.3. The van der Waals surface area contributed by atoms with Crippen molar-refractivity contribution in [2.45, 2.75) is 59.1 Å². The molecule has 1 unspecified atom stereocenters. The summed E-state index contributed by atoms with van der Waals surface area (Å²) in [7, 11) is 1.56. The second-order valence-corrected chi connectivity index (χ2v) is 9.38. The zero-order valence-electron chi connectivity index (χ0n) is 22.0. The standard InChI is InChI=1S/C29H37NO6/c1-7-35-24-13-12-21(17-23(24)18(2)3)27(31)25-26(20-10-8-11-22(16-20)34-6)30(29(33)28(25)32)14-9-15-36-19(4)5/h8,10-13,16-19,26,31H,7,9,14-15H2,1-6H3/b27-25-. The number of ether oxygens (including phenoxy) is 3. The molecule has 194 valence electrons. The van der Waals surface area contributed by atoms with Crippen LogP contribution in [-0.2, 0) is 14.3 Å². The molecule has 0 saturated carbocycles. The van der Waals surface area contributed by atoms with E-state index in [1.54, 1.807) is 31.4 Å². The quantitative estimate of drug-likeness (QED) is 0.193. The average molecular weight is 496 g/mol. The number of hydrogen-bond acceptors (Lipinski definition) is 6. The maximum atomic E-state index is 13.3. The highest BCUT2D eigenvalue weighted by Crippen LogP contribution is 2.41. The van der Waals surface area contributed by atoms with Crippen LogP contribution in [-0.4, -0.2) is 54.7 Å². The molecule has 1 amide bonds. The Balaban J connectivity index is 2.10. The molecule has 0 spiro atoms. The lowest BCUT2D eigenvalue weighted by atomic mass is 9.93. The molecule has 2 aromatic rings. The van der Waals surface area contributed by atoms with Crippen molar-refractivity contribution in [3.8, 4) is 11.5 Å². The van der Waals surface area contributed by atoms with Gasteiger partial charge in [0.2, 0.25) is 0 Å². The zero-order valence-corrected chi connectivity index (χ0v) is 22.0. The van der Waals surface area contributed by atoms with E-state index in [4.69, 9.17) is 14.2 Å². The minimum atomic E-state index is -0.742. The Hall–Kier alpha value is -3.32. The molecule has 1 fully saturated rings. The zero-order chi connectivity index (χ0) is 26.4. The van der Waals surface area contributed by atoms with E-state index in [0.29, 0.717) is 43.1 Å². The summed E-state index contributed by atoms with van der Waals surface area (Å²) in [6.07, 6.45) is 0.635. The van der Waals surface area contributed by atoms with Gasteiger partial charge in [-0.05, 0) is 74.6 Å². The largest absolute Gasteiger partial charge is 0.507 e. The first-order valence-electron chi connectivity index (χ1n) is 12.5. The minimum absolute atomic E-state index is 0.0666. The van der Waals surface area contributed by atoms with Crippen molar-refractivity contribution in [3.05, 3.63) is 64.7 Å². The SMILES string of the molecule is CCOc1ccc(/C(O)=C2/C(=O)C(=O)N(CCCOC(C)C)C2c2cccc(OC)c2)cc1C(C)C. The summed E-state index contributed by atoms with van der Waals surface area (Å²) >= 11 is 0. The molecule has 1 heterocycles. The van der Waals surface area contributed by atoms with E-state index in [9.17, 15) is 14.7 Å². The Morgan fingerprint density at radius 1 is 1.08 bits per heavy atom. The number of amides is 1. The molecule has 0 aliphatic carbocycles. The van der Waals surface area contributed by atoms with E-state index in [-0.39, 0.29) is 23.4 Å². The molecule has 7 nitrogen and oxygen atoms in total. The van der Waals surface area contributed by atoms with Gasteiger partial charge in [0, 0.05) is 18.7 Å². The number of rotatable bonds is 11. The Morgan fingerprint density at radius 2 is 1.83 bits per heavy atom. The monoisotopic (exact) mass is 495 g/mol. The summed E-state index contributed by atoms with van der Waals surface area (Å²) in [5.41, 5.74) is 2.14. The van der Waals surface area contributed by atoms with E-state index in [0.717, 1.165) is 11.3 Å². The molecule has 0 bridgehead atoms. The van der Waals surface area contributed by atoms with Crippen LogP contribution >= 0.6 is 0 Å². The van der Waals surface area contributed by atoms with Crippen molar-refractivity contribution in [1.82, 2.24) is 4.90 Å². The molecule has 1 saturated heterocycles. The highest BCUT2D eigenvalue weighted by Gasteiger charge is 2.46. The Bertz CT molecular complexity index is 1120. The lowest BCUT2D eigenvalue weighted by Crippen LogP contribution is -2.31. The van der Waals surface area contributed by atoms with E-state index in [1.165, 1.54) is 4.90 Å². The second kappa shape index (κ2) is 12.1. The van der Waals surface area contributed by atoms with Gasteiger partial charge in [-0.25, -0.2) is 0 Å². The maximum Gasteiger partial charge on any atom is 0.295 e. The molecule has 1 N–H and O–H groups in total. The summed E-state index contributed by atoms with van der Waals surface area (Å²) in [4.78, 5) is 28.0. The highest BCUT2D eigenvalue weighted by molar-refractivity contribution is 6.46. The van der Waals surface area contributed by atoms with Crippen LogP contribution in [0.2, 0.25) is 0 Å². The van der Waals surface area contributed by atoms with E-state index >= 15 is 0 Å². The molecule has 0 radical (unpaired) electrons. The van der Waals surface area contributed by atoms with Gasteiger partial charge in [0.25, 0.3) is 11.7 Å². The molecule has 0 aromatic heterocycles. The number of nitrogens with zero attached hydrogens (tertiary/aromatic N) is 1. The predicted octanol–water partition coefficient (Wildman–Crippen LogP) is 5.45. The van der Waals surface area contributed by atoms with Gasteiger partial charge in [0.1, 0.15) is 17.3 Å². The number of aliphatic hydroxyl groups excluding tert-OH is 1. The van der Waals surface area contributed by atoms with Crippen molar-refractivity contribution < 1.29 is 28.9 Å². The number of aliphatic hydroxyl groups is 1. The van der Waals surface area contributed by atoms with Crippen molar-refractivity contribution in [3.63, 3.8) is 0 Å². The van der Waals surface area contributed by atoms with E-state index in [1.807, 2.05) is 52.8 Å². The fourth-order valence-electron chi connectivity index (χ4n) is 4.41. The Labute approximate surface area is 213 Å². The average Bonchev–Trinajstić information content (AvgIpc) is 3.11. The third-order valence-corrected chi connectivity index (χ3v) is 6.15. The van der Waals surface area contributed by atoms with Gasteiger partial charge in [-0.1, -0.05) is 26.0 Å². The number of hydrogen-bond donors (Lipinski definition) is 1. The fraction of sp³-hybridized carbons (Fsp3) is 0.448. The number of carbonyl (C=O) groups excluding carboxylic acids is 2. The van der Waals surface area contributed by atoms with Crippen molar-refractivity contribution in [1.29, 1.82) is 0 Å². The first-order valence-corrected chi connectivity index (χ1v) is 12.5. The smallest absolute Gasteiger partial charge is 0.295 e. The van der Waals surface area contributed by atoms with Crippen LogP contribution < -0.4 is 9.47 Å². The Morgan fingerprint density at radius 3 is 2.47 bits per heavy atom. The summed E-state index contributed by atoms with van der Waals surface area (Å²) in [6, 6.07) is 11.8. The van der Waals surface area contributed by atoms with Gasteiger partial charge < -0.3 is 24.2 Å². The van der Waals surface area contributed by atoms with E-state index in [2.05, 4.69) is 0 Å². The summed E-state index contributed by atoms with van der Waals surface area (Å²) in [5.74, 6) is -0.0682. The van der Waals surface area contributed by atoms with Crippen molar-refractivity contribution in [2.75, 3.05) is 26.9 Å². The second-order valence-electron chi connectivity index (χ2n) is 9.38. The van der Waals surface area contributed by atoms with Gasteiger partial charge in [-0.3, -0.25) is 9.59 Å². The number of likely N-dealkylation sites (tertiary alicyclic amines) is 1. The summed E-state index contributed by atoms with van der Waals surface area (Å²) < 4.78 is 16.8. The van der Waals surface area contributed by atoms with Crippen LogP contribution in [0.25, 0.3) is 5.76 Å². The number of carbonyl (C=O) groups is 2. The van der Waals surface area contributed by atoms with Crippen LogP contribution in [0.4, 0.5) is 0 Å². The molecule has 1 aliphatic heterocycles. The summed E-state index contributed by atoms with van der Waals surface area (Å²) in [5, 5.41) is 11.4. The van der Waals surface area contributed by atoms with Gasteiger partial charge in [0.15, 0.2) is 0 Å². The first kappa shape index (κ1) is 27.3. The number of methoxy groups -OCH3 is 1. The van der Waals surface area contributed by atoms with Crippen LogP contribution in [0.3, 0.4) is 0 Å². The third kappa shape index (κ3) is 5.90. The fourth-order valence-corrected chi connectivity index (χ4v) is 4.41. The third-order valence-electron chi connectivity index (χ3n) is 6.15.